The first-order valence-corrected chi connectivity index (χ1v) is 8.21. The van der Waals surface area contributed by atoms with Crippen molar-refractivity contribution >= 4 is 34.9 Å². The molecule has 1 amide bonds. The fourth-order valence-corrected chi connectivity index (χ4v) is 3.39. The van der Waals surface area contributed by atoms with Crippen molar-refractivity contribution in [2.24, 2.45) is 0 Å². The average molecular weight is 350 g/mol. The van der Waals surface area contributed by atoms with Crippen molar-refractivity contribution in [2.75, 3.05) is 12.3 Å². The predicted molar refractivity (Wildman–Crippen MR) is 92.9 cm³/mol. The second-order valence-electron chi connectivity index (χ2n) is 5.77. The minimum atomic E-state index is -0.0977. The van der Waals surface area contributed by atoms with Crippen LogP contribution in [0.4, 0.5) is 5.82 Å². The molecule has 1 fully saturated rings. The first-order valence-electron chi connectivity index (χ1n) is 7.45. The molecular weight excluding hydrogens is 333 g/mol. The zero-order chi connectivity index (χ0) is 16.6. The molecule has 0 bridgehead atoms. The van der Waals surface area contributed by atoms with E-state index in [9.17, 15) is 4.79 Å². The maximum atomic E-state index is 12.8. The van der Waals surface area contributed by atoms with Crippen molar-refractivity contribution in [3.63, 3.8) is 0 Å². The summed E-state index contributed by atoms with van der Waals surface area (Å²) in [5, 5.41) is 0.981. The van der Waals surface area contributed by atoms with Crippen LogP contribution in [0.3, 0.4) is 0 Å². The van der Waals surface area contributed by atoms with Gasteiger partial charge < -0.3 is 10.6 Å². The molecule has 3 rings (SSSR count). The summed E-state index contributed by atoms with van der Waals surface area (Å²) in [7, 11) is 0. The Bertz CT molecular complexity index is 763. The van der Waals surface area contributed by atoms with E-state index in [0.29, 0.717) is 22.2 Å². The summed E-state index contributed by atoms with van der Waals surface area (Å²) < 4.78 is 0. The van der Waals surface area contributed by atoms with Gasteiger partial charge in [0.15, 0.2) is 0 Å². The van der Waals surface area contributed by atoms with Gasteiger partial charge in [0.25, 0.3) is 5.91 Å². The van der Waals surface area contributed by atoms with Gasteiger partial charge in [-0.3, -0.25) is 4.79 Å². The molecule has 1 aromatic carbocycles. The van der Waals surface area contributed by atoms with Crippen LogP contribution in [-0.2, 0) is 0 Å². The van der Waals surface area contributed by atoms with E-state index in [1.54, 1.807) is 6.07 Å². The number of likely N-dealkylation sites (tertiary alicyclic amines) is 1. The van der Waals surface area contributed by atoms with E-state index in [0.717, 1.165) is 24.0 Å². The summed E-state index contributed by atoms with van der Waals surface area (Å²) in [6.07, 6.45) is 3.30. The van der Waals surface area contributed by atoms with Crippen LogP contribution in [0.5, 0.6) is 0 Å². The smallest absolute Gasteiger partial charge is 0.255 e. The van der Waals surface area contributed by atoms with Crippen molar-refractivity contribution < 1.29 is 4.79 Å². The standard InChI is InChI=1S/C17H17Cl2N3O/c1-10-4-5-13(18)12(7-10)15-3-2-6-22(15)17(23)11-8-14(19)16(20)21-9-11/h4-5,7-9,15H,2-3,6H2,1H3,(H2,20,21). The van der Waals surface area contributed by atoms with Crippen LogP contribution < -0.4 is 5.73 Å². The van der Waals surface area contributed by atoms with E-state index in [1.165, 1.54) is 6.20 Å². The van der Waals surface area contributed by atoms with Crippen molar-refractivity contribution in [3.8, 4) is 0 Å². The third-order valence-corrected chi connectivity index (χ3v) is 4.79. The lowest BCUT2D eigenvalue weighted by Crippen LogP contribution is -2.30. The van der Waals surface area contributed by atoms with Gasteiger partial charge in [0.1, 0.15) is 5.82 Å². The van der Waals surface area contributed by atoms with Gasteiger partial charge in [-0.25, -0.2) is 4.98 Å². The van der Waals surface area contributed by atoms with Crippen molar-refractivity contribution in [1.82, 2.24) is 9.88 Å². The molecule has 1 aliphatic rings. The number of rotatable bonds is 2. The highest BCUT2D eigenvalue weighted by molar-refractivity contribution is 6.33. The molecule has 0 radical (unpaired) electrons. The number of aryl methyl sites for hydroxylation is 1. The Kier molecular flexibility index (Phi) is 4.46. The lowest BCUT2D eigenvalue weighted by atomic mass is 10.0. The van der Waals surface area contributed by atoms with Crippen molar-refractivity contribution in [1.29, 1.82) is 0 Å². The molecule has 6 heteroatoms. The molecule has 120 valence electrons. The van der Waals surface area contributed by atoms with E-state index < -0.39 is 0 Å². The van der Waals surface area contributed by atoms with E-state index in [1.807, 2.05) is 30.0 Å². The number of nitrogens with zero attached hydrogens (tertiary/aromatic N) is 2. The quantitative estimate of drug-likeness (QED) is 0.881. The van der Waals surface area contributed by atoms with E-state index in [2.05, 4.69) is 4.98 Å². The summed E-state index contributed by atoms with van der Waals surface area (Å²) in [5.41, 5.74) is 8.17. The zero-order valence-corrected chi connectivity index (χ0v) is 14.2. The Morgan fingerprint density at radius 1 is 1.30 bits per heavy atom. The molecule has 0 spiro atoms. The molecule has 2 heterocycles. The van der Waals surface area contributed by atoms with Gasteiger partial charge in [0, 0.05) is 17.8 Å². The van der Waals surface area contributed by atoms with Crippen LogP contribution in [0.15, 0.2) is 30.5 Å². The number of pyridine rings is 1. The molecule has 1 unspecified atom stereocenters. The van der Waals surface area contributed by atoms with Crippen molar-refractivity contribution in [2.45, 2.75) is 25.8 Å². The fraction of sp³-hybridized carbons (Fsp3) is 0.294. The third-order valence-electron chi connectivity index (χ3n) is 4.14. The van der Waals surface area contributed by atoms with Gasteiger partial charge in [0.05, 0.1) is 16.6 Å². The van der Waals surface area contributed by atoms with Crippen LogP contribution in [0.1, 0.15) is 40.4 Å². The minimum absolute atomic E-state index is 0.0220. The Balaban J connectivity index is 1.93. The fourth-order valence-electron chi connectivity index (χ4n) is 2.98. The summed E-state index contributed by atoms with van der Waals surface area (Å²) in [5.74, 6) is 0.127. The number of halogens is 2. The highest BCUT2D eigenvalue weighted by Gasteiger charge is 2.32. The lowest BCUT2D eigenvalue weighted by Gasteiger charge is -2.26. The largest absolute Gasteiger partial charge is 0.382 e. The summed E-state index contributed by atoms with van der Waals surface area (Å²) in [6.45, 7) is 2.71. The molecule has 1 aliphatic heterocycles. The van der Waals surface area contributed by atoms with Crippen LogP contribution in [-0.4, -0.2) is 22.3 Å². The first-order chi connectivity index (χ1) is 11.0. The Morgan fingerprint density at radius 3 is 2.83 bits per heavy atom. The molecule has 1 saturated heterocycles. The average Bonchev–Trinajstić information content (AvgIpc) is 3.01. The van der Waals surface area contributed by atoms with E-state index in [4.69, 9.17) is 28.9 Å². The second kappa shape index (κ2) is 6.38. The monoisotopic (exact) mass is 349 g/mol. The van der Waals surface area contributed by atoms with Gasteiger partial charge in [-0.15, -0.1) is 0 Å². The summed E-state index contributed by atoms with van der Waals surface area (Å²) in [4.78, 5) is 18.6. The Morgan fingerprint density at radius 2 is 2.09 bits per heavy atom. The number of carbonyl (C=O) groups is 1. The number of aromatic nitrogens is 1. The Hall–Kier alpha value is -1.78. The van der Waals surface area contributed by atoms with Crippen molar-refractivity contribution in [3.05, 3.63) is 57.2 Å². The molecule has 0 saturated carbocycles. The molecule has 2 aromatic rings. The van der Waals surface area contributed by atoms with Crippen LogP contribution in [0, 0.1) is 6.92 Å². The van der Waals surface area contributed by atoms with Gasteiger partial charge >= 0.3 is 0 Å². The summed E-state index contributed by atoms with van der Waals surface area (Å²) in [6, 6.07) is 7.45. The molecule has 0 aliphatic carbocycles. The lowest BCUT2D eigenvalue weighted by molar-refractivity contribution is 0.0735. The molecule has 1 aromatic heterocycles. The van der Waals surface area contributed by atoms with Gasteiger partial charge in [-0.05, 0) is 37.5 Å². The van der Waals surface area contributed by atoms with E-state index in [-0.39, 0.29) is 17.8 Å². The van der Waals surface area contributed by atoms with E-state index >= 15 is 0 Å². The number of carbonyl (C=O) groups excluding carboxylic acids is 1. The molecular formula is C17H17Cl2N3O. The van der Waals surface area contributed by atoms with Gasteiger partial charge in [0.2, 0.25) is 0 Å². The highest BCUT2D eigenvalue weighted by atomic mass is 35.5. The first kappa shape index (κ1) is 16.1. The SMILES string of the molecule is Cc1ccc(Cl)c(C2CCCN2C(=O)c2cnc(N)c(Cl)c2)c1. The number of hydrogen-bond donors (Lipinski definition) is 1. The number of amides is 1. The number of benzene rings is 1. The number of anilines is 1. The minimum Gasteiger partial charge on any atom is -0.382 e. The Labute approximate surface area is 145 Å². The topological polar surface area (TPSA) is 59.2 Å². The molecule has 23 heavy (non-hydrogen) atoms. The zero-order valence-electron chi connectivity index (χ0n) is 12.7. The van der Waals surface area contributed by atoms with Gasteiger partial charge in [-0.2, -0.15) is 0 Å². The highest BCUT2D eigenvalue weighted by Crippen LogP contribution is 2.37. The molecule has 2 N–H and O–H groups in total. The molecule has 1 atom stereocenters. The molecule has 4 nitrogen and oxygen atoms in total. The van der Waals surface area contributed by atoms with Crippen LogP contribution in [0.2, 0.25) is 10.0 Å². The normalized spacial score (nSPS) is 17.5. The number of nitrogen functional groups attached to an aromatic ring is 1. The summed E-state index contributed by atoms with van der Waals surface area (Å²) >= 11 is 12.3. The van der Waals surface area contributed by atoms with Crippen LogP contribution in [0.25, 0.3) is 0 Å². The van der Waals surface area contributed by atoms with Crippen LogP contribution >= 0.6 is 23.2 Å². The maximum absolute atomic E-state index is 12.8. The maximum Gasteiger partial charge on any atom is 0.255 e. The number of nitrogens with two attached hydrogens (primary N) is 1. The number of hydrogen-bond acceptors (Lipinski definition) is 3. The second-order valence-corrected chi connectivity index (χ2v) is 6.59. The third kappa shape index (κ3) is 3.14. The predicted octanol–water partition coefficient (Wildman–Crippen LogP) is 4.26. The van der Waals surface area contributed by atoms with Gasteiger partial charge in [-0.1, -0.05) is 40.9 Å².